The Hall–Kier alpha value is -1.89. The van der Waals surface area contributed by atoms with Gasteiger partial charge in [0, 0.05) is 24.7 Å². The van der Waals surface area contributed by atoms with Crippen molar-refractivity contribution in [3.05, 3.63) is 34.4 Å². The van der Waals surface area contributed by atoms with Gasteiger partial charge in [-0.3, -0.25) is 10.1 Å². The summed E-state index contributed by atoms with van der Waals surface area (Å²) in [5, 5.41) is 15.6. The molecule has 2 aromatic rings. The molecule has 2 rings (SSSR count). The zero-order valence-electron chi connectivity index (χ0n) is 9.32. The van der Waals surface area contributed by atoms with Crippen molar-refractivity contribution in [2.75, 3.05) is 6.26 Å². The summed E-state index contributed by atoms with van der Waals surface area (Å²) in [6, 6.07) is 6.20. The van der Waals surface area contributed by atoms with Crippen LogP contribution in [0, 0.1) is 10.1 Å². The molecule has 0 amide bonds. The van der Waals surface area contributed by atoms with Crippen LogP contribution in [0.25, 0.3) is 11.4 Å². The Morgan fingerprint density at radius 1 is 1.35 bits per heavy atom. The van der Waals surface area contributed by atoms with Gasteiger partial charge < -0.3 is 0 Å². The predicted octanol–water partition coefficient (Wildman–Crippen LogP) is 2.11. The number of aromatic nitrogens is 3. The molecule has 0 aliphatic heterocycles. The number of nitro benzene ring substituents is 1. The molecule has 0 bridgehead atoms. The number of hydrogen-bond acceptors (Lipinski definition) is 5. The van der Waals surface area contributed by atoms with Crippen molar-refractivity contribution >= 4 is 17.4 Å². The van der Waals surface area contributed by atoms with E-state index in [-0.39, 0.29) is 5.69 Å². The van der Waals surface area contributed by atoms with Gasteiger partial charge in [0.25, 0.3) is 5.69 Å². The van der Waals surface area contributed by atoms with Crippen molar-refractivity contribution in [3.63, 3.8) is 0 Å². The Labute approximate surface area is 102 Å². The van der Waals surface area contributed by atoms with E-state index in [9.17, 15) is 10.1 Å². The fourth-order valence-electron chi connectivity index (χ4n) is 1.40. The Balaban J connectivity index is 2.36. The van der Waals surface area contributed by atoms with Gasteiger partial charge in [-0.25, -0.2) is 9.67 Å². The Morgan fingerprint density at radius 3 is 2.47 bits per heavy atom. The summed E-state index contributed by atoms with van der Waals surface area (Å²) >= 11 is 1.50. The van der Waals surface area contributed by atoms with E-state index in [4.69, 9.17) is 0 Å². The van der Waals surface area contributed by atoms with Crippen molar-refractivity contribution in [1.82, 2.24) is 14.8 Å². The highest BCUT2D eigenvalue weighted by Crippen LogP contribution is 2.21. The van der Waals surface area contributed by atoms with E-state index < -0.39 is 4.92 Å². The number of hydrogen-bond donors (Lipinski definition) is 0. The maximum absolute atomic E-state index is 10.5. The fourth-order valence-corrected chi connectivity index (χ4v) is 1.89. The van der Waals surface area contributed by atoms with Crippen LogP contribution in [0.3, 0.4) is 0 Å². The standard InChI is InChI=1S/C10H10N4O2S/c1-13-10(17-2)11-9(12-13)7-3-5-8(6-4-7)14(15)16/h3-6H,1-2H3. The second-order valence-electron chi connectivity index (χ2n) is 3.35. The van der Waals surface area contributed by atoms with Crippen LogP contribution in [-0.4, -0.2) is 25.9 Å². The average Bonchev–Trinajstić information content (AvgIpc) is 2.70. The number of benzene rings is 1. The first-order valence-electron chi connectivity index (χ1n) is 4.81. The summed E-state index contributed by atoms with van der Waals surface area (Å²) in [6.07, 6.45) is 1.92. The molecule has 0 aliphatic rings. The average molecular weight is 250 g/mol. The topological polar surface area (TPSA) is 73.8 Å². The Morgan fingerprint density at radius 2 is 2.00 bits per heavy atom. The largest absolute Gasteiger partial charge is 0.269 e. The first-order valence-corrected chi connectivity index (χ1v) is 6.04. The first-order chi connectivity index (χ1) is 8.11. The molecule has 1 heterocycles. The van der Waals surface area contributed by atoms with Crippen LogP contribution < -0.4 is 0 Å². The van der Waals surface area contributed by atoms with Gasteiger partial charge in [-0.05, 0) is 18.4 Å². The molecule has 0 N–H and O–H groups in total. The van der Waals surface area contributed by atoms with Crippen LogP contribution in [0.4, 0.5) is 5.69 Å². The maximum atomic E-state index is 10.5. The highest BCUT2D eigenvalue weighted by molar-refractivity contribution is 7.98. The van der Waals surface area contributed by atoms with Crippen LogP contribution in [0.1, 0.15) is 0 Å². The predicted molar refractivity (Wildman–Crippen MR) is 64.9 cm³/mol. The highest BCUT2D eigenvalue weighted by atomic mass is 32.2. The van der Waals surface area contributed by atoms with Crippen LogP contribution >= 0.6 is 11.8 Å². The zero-order valence-corrected chi connectivity index (χ0v) is 10.1. The van der Waals surface area contributed by atoms with E-state index in [1.165, 1.54) is 23.9 Å². The summed E-state index contributed by atoms with van der Waals surface area (Å²) < 4.78 is 1.68. The molecule has 1 aromatic carbocycles. The van der Waals surface area contributed by atoms with Crippen molar-refractivity contribution in [2.24, 2.45) is 7.05 Å². The Bertz CT molecular complexity index is 550. The summed E-state index contributed by atoms with van der Waals surface area (Å²) in [6.45, 7) is 0. The monoisotopic (exact) mass is 250 g/mol. The molecule has 7 heteroatoms. The van der Waals surface area contributed by atoms with Crippen molar-refractivity contribution in [3.8, 4) is 11.4 Å². The number of aryl methyl sites for hydroxylation is 1. The quantitative estimate of drug-likeness (QED) is 0.474. The molecule has 0 saturated heterocycles. The molecule has 17 heavy (non-hydrogen) atoms. The van der Waals surface area contributed by atoms with E-state index in [1.54, 1.807) is 16.8 Å². The van der Waals surface area contributed by atoms with Crippen LogP contribution in [0.15, 0.2) is 29.4 Å². The number of nitrogens with zero attached hydrogens (tertiary/aromatic N) is 4. The maximum Gasteiger partial charge on any atom is 0.269 e. The molecule has 6 nitrogen and oxygen atoms in total. The lowest BCUT2D eigenvalue weighted by Gasteiger charge is -1.94. The van der Waals surface area contributed by atoms with Gasteiger partial charge in [-0.2, -0.15) is 5.10 Å². The summed E-state index contributed by atoms with van der Waals surface area (Å²) in [7, 11) is 1.81. The van der Waals surface area contributed by atoms with Crippen LogP contribution in [0.2, 0.25) is 0 Å². The number of nitro groups is 1. The van der Waals surface area contributed by atoms with Gasteiger partial charge >= 0.3 is 0 Å². The second-order valence-corrected chi connectivity index (χ2v) is 4.12. The zero-order chi connectivity index (χ0) is 12.4. The molecule has 0 saturated carbocycles. The number of thioether (sulfide) groups is 1. The molecular weight excluding hydrogens is 240 g/mol. The van der Waals surface area contributed by atoms with Gasteiger partial charge in [0.15, 0.2) is 11.0 Å². The summed E-state index contributed by atoms with van der Waals surface area (Å²) in [4.78, 5) is 14.4. The second kappa shape index (κ2) is 4.54. The number of rotatable bonds is 3. The molecule has 88 valence electrons. The third-order valence-electron chi connectivity index (χ3n) is 2.24. The minimum Gasteiger partial charge on any atom is -0.258 e. The Kier molecular flexibility index (Phi) is 3.10. The lowest BCUT2D eigenvalue weighted by Crippen LogP contribution is -1.92. The van der Waals surface area contributed by atoms with E-state index in [1.807, 2.05) is 13.3 Å². The summed E-state index contributed by atoms with van der Waals surface area (Å²) in [5.41, 5.74) is 0.835. The molecule has 0 fully saturated rings. The molecule has 0 aliphatic carbocycles. The minimum absolute atomic E-state index is 0.0646. The van der Waals surface area contributed by atoms with Gasteiger partial charge in [0.05, 0.1) is 4.92 Å². The lowest BCUT2D eigenvalue weighted by molar-refractivity contribution is -0.384. The van der Waals surface area contributed by atoms with E-state index in [0.29, 0.717) is 5.82 Å². The highest BCUT2D eigenvalue weighted by Gasteiger charge is 2.10. The van der Waals surface area contributed by atoms with E-state index in [0.717, 1.165) is 10.7 Å². The first kappa shape index (κ1) is 11.6. The molecule has 0 atom stereocenters. The van der Waals surface area contributed by atoms with Crippen molar-refractivity contribution < 1.29 is 4.92 Å². The molecule has 1 aromatic heterocycles. The van der Waals surface area contributed by atoms with Gasteiger partial charge in [0.1, 0.15) is 0 Å². The molecule has 0 spiro atoms. The van der Waals surface area contributed by atoms with Crippen LogP contribution in [0.5, 0.6) is 0 Å². The number of non-ortho nitro benzene ring substituents is 1. The third kappa shape index (κ3) is 2.28. The van der Waals surface area contributed by atoms with Crippen molar-refractivity contribution in [2.45, 2.75) is 5.16 Å². The van der Waals surface area contributed by atoms with E-state index in [2.05, 4.69) is 10.1 Å². The lowest BCUT2D eigenvalue weighted by atomic mass is 10.2. The molecule has 0 radical (unpaired) electrons. The van der Waals surface area contributed by atoms with E-state index >= 15 is 0 Å². The molecular formula is C10H10N4O2S. The minimum atomic E-state index is -0.428. The SMILES string of the molecule is CSc1nc(-c2ccc([N+](=O)[O-])cc2)nn1C. The van der Waals surface area contributed by atoms with Gasteiger partial charge in [-0.15, -0.1) is 0 Å². The fraction of sp³-hybridized carbons (Fsp3) is 0.200. The third-order valence-corrected chi connectivity index (χ3v) is 2.96. The van der Waals surface area contributed by atoms with Gasteiger partial charge in [-0.1, -0.05) is 11.8 Å². The molecule has 0 unspecified atom stereocenters. The van der Waals surface area contributed by atoms with Gasteiger partial charge in [0.2, 0.25) is 0 Å². The summed E-state index contributed by atoms with van der Waals surface area (Å²) in [5.74, 6) is 0.576. The van der Waals surface area contributed by atoms with Crippen LogP contribution in [-0.2, 0) is 7.05 Å². The van der Waals surface area contributed by atoms with Crippen molar-refractivity contribution in [1.29, 1.82) is 0 Å². The smallest absolute Gasteiger partial charge is 0.258 e. The normalized spacial score (nSPS) is 10.5.